The molecule has 0 radical (unpaired) electrons. The third-order valence-corrected chi connectivity index (χ3v) is 9.19. The Kier molecular flexibility index (Phi) is 11.0. The van der Waals surface area contributed by atoms with Crippen LogP contribution in [0.2, 0.25) is 0 Å². The van der Waals surface area contributed by atoms with Gasteiger partial charge in [0, 0.05) is 24.6 Å². The van der Waals surface area contributed by atoms with Gasteiger partial charge in [0.2, 0.25) is 11.8 Å². The van der Waals surface area contributed by atoms with Gasteiger partial charge in [-0.1, -0.05) is 68.8 Å². The van der Waals surface area contributed by atoms with Crippen LogP contribution in [0.25, 0.3) is 0 Å². The highest BCUT2D eigenvalue weighted by molar-refractivity contribution is 8.01. The molecule has 1 unspecified atom stereocenters. The molecule has 1 fully saturated rings. The second-order valence-corrected chi connectivity index (χ2v) is 12.0. The molecule has 2 aliphatic heterocycles. The van der Waals surface area contributed by atoms with Crippen LogP contribution >= 0.6 is 23.5 Å². The molecule has 3 atom stereocenters. The summed E-state index contributed by atoms with van der Waals surface area (Å²) < 4.78 is 5.67. The molecule has 4 rings (SSSR count). The first-order chi connectivity index (χ1) is 20.2. The Morgan fingerprint density at radius 1 is 1.17 bits per heavy atom. The van der Waals surface area contributed by atoms with Crippen molar-refractivity contribution in [1.29, 1.82) is 0 Å². The van der Waals surface area contributed by atoms with Gasteiger partial charge >= 0.3 is 5.97 Å². The molecule has 12 nitrogen and oxygen atoms in total. The third-order valence-electron chi connectivity index (χ3n) is 6.95. The van der Waals surface area contributed by atoms with E-state index in [9.17, 15) is 29.4 Å². The van der Waals surface area contributed by atoms with Crippen molar-refractivity contribution < 1.29 is 33.8 Å². The number of benzene rings is 1. The molecule has 14 heteroatoms. The average Bonchev–Trinajstić information content (AvgIpc) is 3.44. The Hall–Kier alpha value is -3.36. The van der Waals surface area contributed by atoms with E-state index in [0.717, 1.165) is 37.4 Å². The number of hydrogen-bond donors (Lipinski definition) is 3. The van der Waals surface area contributed by atoms with Crippen LogP contribution in [0.3, 0.4) is 0 Å². The second kappa shape index (κ2) is 14.7. The lowest BCUT2D eigenvalue weighted by Crippen LogP contribution is -2.70. The van der Waals surface area contributed by atoms with E-state index in [1.807, 2.05) is 4.90 Å². The molecule has 0 saturated carbocycles. The summed E-state index contributed by atoms with van der Waals surface area (Å²) in [7, 11) is 0. The highest BCUT2D eigenvalue weighted by atomic mass is 32.2. The highest BCUT2D eigenvalue weighted by Gasteiger charge is 2.54. The van der Waals surface area contributed by atoms with E-state index >= 15 is 0 Å². The smallest absolute Gasteiger partial charge is 0.352 e. The Morgan fingerprint density at radius 2 is 1.86 bits per heavy atom. The van der Waals surface area contributed by atoms with E-state index < -0.39 is 35.3 Å². The largest absolute Gasteiger partial charge is 0.477 e. The van der Waals surface area contributed by atoms with E-state index in [2.05, 4.69) is 29.4 Å². The maximum atomic E-state index is 13.0. The zero-order valence-corrected chi connectivity index (χ0v) is 25.2. The molecular weight excluding hydrogens is 582 g/mol. The maximum Gasteiger partial charge on any atom is 0.352 e. The number of aromatic nitrogens is 2. The molecular formula is C28H35N5O7S2. The Balaban J connectivity index is 1.36. The van der Waals surface area contributed by atoms with Crippen molar-refractivity contribution in [3.05, 3.63) is 53.1 Å². The van der Waals surface area contributed by atoms with Gasteiger partial charge in [-0.25, -0.2) is 4.79 Å². The Bertz CT molecular complexity index is 1310. The summed E-state index contributed by atoms with van der Waals surface area (Å²) in [6.45, 7) is 5.52. The fraction of sp³-hybridized carbons (Fsp3) is 0.500. The summed E-state index contributed by atoms with van der Waals surface area (Å²) in [5, 5.41) is 30.4. The first-order valence-electron chi connectivity index (χ1n) is 13.9. The maximum absolute atomic E-state index is 13.0. The van der Waals surface area contributed by atoms with E-state index in [1.165, 1.54) is 16.7 Å². The monoisotopic (exact) mass is 617 g/mol. The number of nitrogens with zero attached hydrogens (tertiary/aromatic N) is 4. The molecule has 42 heavy (non-hydrogen) atoms. The second-order valence-electron chi connectivity index (χ2n) is 9.98. The lowest BCUT2D eigenvalue weighted by molar-refractivity contribution is -0.151. The SMILES string of the molecule is CCCCN(CCCC)C(=O)Cc1nnc(SCC2=C(C(=O)O)N3C(=O)C(NC(=O)[C@H](O)c4ccccc4)[C@H]3SC2)o1. The van der Waals surface area contributed by atoms with Crippen LogP contribution in [0.5, 0.6) is 0 Å². The zero-order chi connectivity index (χ0) is 30.2. The number of thioether (sulfide) groups is 2. The van der Waals surface area contributed by atoms with E-state index in [4.69, 9.17) is 4.42 Å². The van der Waals surface area contributed by atoms with Gasteiger partial charge in [-0.3, -0.25) is 19.3 Å². The summed E-state index contributed by atoms with van der Waals surface area (Å²) in [6, 6.07) is 7.38. The standard InChI is InChI=1S/C28H35N5O7S2/c1-3-5-12-32(13-6-4-2)20(34)14-19-30-31-28(40-19)42-16-18-15-41-26-21(25(37)33(26)22(18)27(38)39)29-24(36)23(35)17-10-8-7-9-11-17/h7-11,21,23,26,35H,3-6,12-16H2,1-2H3,(H,29,36)(H,38,39)/t21?,23-,26-/m1/s1. The van der Waals surface area contributed by atoms with Gasteiger partial charge in [-0.15, -0.1) is 22.0 Å². The van der Waals surface area contributed by atoms with Crippen LogP contribution < -0.4 is 5.32 Å². The van der Waals surface area contributed by atoms with Gasteiger partial charge in [-0.05, 0) is 24.0 Å². The lowest BCUT2D eigenvalue weighted by atomic mass is 10.0. The van der Waals surface area contributed by atoms with Crippen molar-refractivity contribution in [1.82, 2.24) is 25.3 Å². The van der Waals surface area contributed by atoms with Crippen molar-refractivity contribution >= 4 is 47.2 Å². The number of aliphatic carboxylic acids is 1. The van der Waals surface area contributed by atoms with Crippen molar-refractivity contribution in [3.8, 4) is 0 Å². The predicted molar refractivity (Wildman–Crippen MR) is 156 cm³/mol. The van der Waals surface area contributed by atoms with Gasteiger partial charge in [0.05, 0.1) is 0 Å². The van der Waals surface area contributed by atoms with Crippen LogP contribution in [0.15, 0.2) is 51.2 Å². The van der Waals surface area contributed by atoms with Crippen LogP contribution in [-0.4, -0.2) is 89.9 Å². The number of amides is 3. The molecule has 0 bridgehead atoms. The molecule has 0 spiro atoms. The number of carboxylic acids is 1. The predicted octanol–water partition coefficient (Wildman–Crippen LogP) is 2.61. The fourth-order valence-corrected chi connectivity index (χ4v) is 6.90. The Labute approximate surface area is 252 Å². The van der Waals surface area contributed by atoms with Crippen molar-refractivity contribution in [2.75, 3.05) is 24.6 Å². The van der Waals surface area contributed by atoms with E-state index in [-0.39, 0.29) is 34.9 Å². The number of unbranched alkanes of at least 4 members (excludes halogenated alkanes) is 2. The minimum atomic E-state index is -1.45. The molecule has 0 aliphatic carbocycles. The topological polar surface area (TPSA) is 166 Å². The fourth-order valence-electron chi connectivity index (χ4n) is 4.63. The van der Waals surface area contributed by atoms with Gasteiger partial charge in [0.25, 0.3) is 17.0 Å². The molecule has 2 aliphatic rings. The molecule has 226 valence electrons. The highest BCUT2D eigenvalue weighted by Crippen LogP contribution is 2.41. The number of fused-ring (bicyclic) bond motifs is 1. The number of aliphatic hydroxyl groups excluding tert-OH is 1. The van der Waals surface area contributed by atoms with Crippen molar-refractivity contribution in [3.63, 3.8) is 0 Å². The van der Waals surface area contributed by atoms with Crippen LogP contribution in [0.1, 0.15) is 57.1 Å². The first-order valence-corrected chi connectivity index (χ1v) is 15.9. The van der Waals surface area contributed by atoms with Crippen LogP contribution in [-0.2, 0) is 25.6 Å². The van der Waals surface area contributed by atoms with Gasteiger partial charge in [0.1, 0.15) is 23.5 Å². The number of carbonyl (C=O) groups is 4. The van der Waals surface area contributed by atoms with Crippen LogP contribution in [0.4, 0.5) is 0 Å². The molecule has 2 aromatic rings. The quantitative estimate of drug-likeness (QED) is 0.199. The van der Waals surface area contributed by atoms with Gasteiger partial charge in [0.15, 0.2) is 6.10 Å². The number of carboxylic acid groups (broad SMARTS) is 1. The van der Waals surface area contributed by atoms with Gasteiger partial charge < -0.3 is 24.8 Å². The molecule has 3 heterocycles. The van der Waals surface area contributed by atoms with E-state index in [0.29, 0.717) is 30.0 Å². The minimum absolute atomic E-state index is 0.00402. The number of carbonyl (C=O) groups excluding carboxylic acids is 3. The summed E-state index contributed by atoms with van der Waals surface area (Å²) in [5.41, 5.74) is 0.749. The number of hydrogen-bond acceptors (Lipinski definition) is 10. The molecule has 1 aromatic heterocycles. The Morgan fingerprint density at radius 3 is 2.50 bits per heavy atom. The lowest BCUT2D eigenvalue weighted by Gasteiger charge is -2.49. The van der Waals surface area contributed by atoms with Crippen molar-refractivity contribution in [2.24, 2.45) is 0 Å². The number of nitrogens with one attached hydrogen (secondary N) is 1. The summed E-state index contributed by atoms with van der Waals surface area (Å²) >= 11 is 2.46. The number of aliphatic hydroxyl groups is 1. The molecule has 3 N–H and O–H groups in total. The summed E-state index contributed by atoms with van der Waals surface area (Å²) in [6.07, 6.45) is 2.36. The minimum Gasteiger partial charge on any atom is -0.477 e. The van der Waals surface area contributed by atoms with Crippen molar-refractivity contribution in [2.45, 2.75) is 68.7 Å². The average molecular weight is 618 g/mol. The summed E-state index contributed by atoms with van der Waals surface area (Å²) in [5.74, 6) is -1.93. The normalized spacial score (nSPS) is 18.7. The number of rotatable bonds is 15. The van der Waals surface area contributed by atoms with E-state index in [1.54, 1.807) is 30.3 Å². The third kappa shape index (κ3) is 7.34. The van der Waals surface area contributed by atoms with Crippen LogP contribution in [0, 0.1) is 0 Å². The first kappa shape index (κ1) is 31.6. The number of β-lactam (4-membered cyclic amide) rings is 1. The molecule has 1 aromatic carbocycles. The summed E-state index contributed by atoms with van der Waals surface area (Å²) in [4.78, 5) is 53.5. The zero-order valence-electron chi connectivity index (χ0n) is 23.5. The van der Waals surface area contributed by atoms with Gasteiger partial charge in [-0.2, -0.15) is 0 Å². The molecule has 1 saturated heterocycles. The molecule has 3 amide bonds.